The third-order valence-electron chi connectivity index (χ3n) is 2.39. The molecule has 0 fully saturated rings. The number of rotatable bonds is 5. The predicted octanol–water partition coefficient (Wildman–Crippen LogP) is 1.87. The van der Waals surface area contributed by atoms with E-state index in [0.29, 0.717) is 11.1 Å². The minimum absolute atomic E-state index is 0.0473. The van der Waals surface area contributed by atoms with Crippen molar-refractivity contribution >= 4 is 10.0 Å². The van der Waals surface area contributed by atoms with Gasteiger partial charge in [0.15, 0.2) is 0 Å². The molecular formula is C11H14F3NO4S. The van der Waals surface area contributed by atoms with Crippen LogP contribution in [-0.2, 0) is 14.8 Å². The van der Waals surface area contributed by atoms with Crippen LogP contribution in [0.1, 0.15) is 11.1 Å². The molecule has 1 aromatic carbocycles. The van der Waals surface area contributed by atoms with Crippen LogP contribution < -0.4 is 9.88 Å². The van der Waals surface area contributed by atoms with E-state index in [9.17, 15) is 21.6 Å². The highest BCUT2D eigenvalue weighted by molar-refractivity contribution is 7.89. The Labute approximate surface area is 114 Å². The molecule has 9 heteroatoms. The van der Waals surface area contributed by atoms with Crippen molar-refractivity contribution in [3.8, 4) is 5.75 Å². The van der Waals surface area contributed by atoms with Crippen molar-refractivity contribution in [2.45, 2.75) is 25.1 Å². The molecule has 0 amide bonds. The third kappa shape index (κ3) is 4.99. The average Bonchev–Trinajstić information content (AvgIpc) is 2.25. The molecule has 0 aliphatic rings. The zero-order chi connectivity index (χ0) is 15.6. The van der Waals surface area contributed by atoms with Gasteiger partial charge in [-0.3, -0.25) is 4.74 Å². The molecule has 2 N–H and O–H groups in total. The smallest absolute Gasteiger partial charge is 0.491 e. The summed E-state index contributed by atoms with van der Waals surface area (Å²) in [7, 11) is -3.85. The summed E-state index contributed by atoms with van der Waals surface area (Å²) in [4.78, 5) is -0.0473. The second-order valence-electron chi connectivity index (χ2n) is 4.07. The zero-order valence-corrected chi connectivity index (χ0v) is 11.6. The van der Waals surface area contributed by atoms with Gasteiger partial charge in [0.05, 0.1) is 11.5 Å². The molecule has 0 spiro atoms. The van der Waals surface area contributed by atoms with Crippen molar-refractivity contribution in [2.75, 3.05) is 13.2 Å². The fraction of sp³-hybridized carbons (Fsp3) is 0.455. The van der Waals surface area contributed by atoms with Gasteiger partial charge >= 0.3 is 6.36 Å². The largest absolute Gasteiger partial charge is 0.522 e. The van der Waals surface area contributed by atoms with Crippen molar-refractivity contribution in [2.24, 2.45) is 5.14 Å². The van der Waals surface area contributed by atoms with E-state index in [1.165, 1.54) is 19.1 Å². The van der Waals surface area contributed by atoms with Gasteiger partial charge in [-0.05, 0) is 37.1 Å². The monoisotopic (exact) mass is 313 g/mol. The van der Waals surface area contributed by atoms with Crippen LogP contribution in [0.5, 0.6) is 5.75 Å². The summed E-state index contributed by atoms with van der Waals surface area (Å²) in [5.74, 6) is 0.278. The lowest BCUT2D eigenvalue weighted by Crippen LogP contribution is -2.18. The Morgan fingerprint density at radius 3 is 2.25 bits per heavy atom. The molecule has 0 bridgehead atoms. The predicted molar refractivity (Wildman–Crippen MR) is 64.8 cm³/mol. The number of halogens is 3. The molecule has 0 aliphatic heterocycles. The maximum absolute atomic E-state index is 11.8. The molecule has 0 aliphatic carbocycles. The van der Waals surface area contributed by atoms with Crippen LogP contribution in [0.2, 0.25) is 0 Å². The SMILES string of the molecule is Cc1cc(S(N)(=O)=O)c(C)cc1OCCOC(F)(F)F. The molecule has 0 saturated heterocycles. The van der Waals surface area contributed by atoms with Gasteiger partial charge in [-0.1, -0.05) is 0 Å². The van der Waals surface area contributed by atoms with Crippen LogP contribution in [0, 0.1) is 13.8 Å². The van der Waals surface area contributed by atoms with Crippen LogP contribution in [-0.4, -0.2) is 28.0 Å². The van der Waals surface area contributed by atoms with E-state index < -0.39 is 23.0 Å². The normalized spacial score (nSPS) is 12.5. The summed E-state index contributed by atoms with van der Waals surface area (Å²) in [5, 5.41) is 5.03. The molecule has 0 heterocycles. The molecule has 1 rings (SSSR count). The lowest BCUT2D eigenvalue weighted by Gasteiger charge is -2.13. The van der Waals surface area contributed by atoms with Crippen molar-refractivity contribution in [3.63, 3.8) is 0 Å². The standard InChI is InChI=1S/C11H14F3NO4S/c1-7-6-10(20(15,16)17)8(2)5-9(7)18-3-4-19-11(12,13)14/h5-6H,3-4H2,1-2H3,(H2,15,16,17). The maximum Gasteiger partial charge on any atom is 0.522 e. The first-order chi connectivity index (χ1) is 9.00. The number of nitrogens with two attached hydrogens (primary N) is 1. The summed E-state index contributed by atoms with van der Waals surface area (Å²) in [6.07, 6.45) is -4.70. The lowest BCUT2D eigenvalue weighted by atomic mass is 10.1. The van der Waals surface area contributed by atoms with Crippen LogP contribution >= 0.6 is 0 Å². The molecule has 0 radical (unpaired) electrons. The third-order valence-corrected chi connectivity index (χ3v) is 3.44. The van der Waals surface area contributed by atoms with E-state index in [-0.39, 0.29) is 17.3 Å². The highest BCUT2D eigenvalue weighted by Crippen LogP contribution is 2.25. The number of benzene rings is 1. The minimum atomic E-state index is -4.70. The molecule has 114 valence electrons. The minimum Gasteiger partial charge on any atom is -0.491 e. The number of alkyl halides is 3. The van der Waals surface area contributed by atoms with E-state index in [1.807, 2.05) is 0 Å². The highest BCUT2D eigenvalue weighted by Gasteiger charge is 2.28. The van der Waals surface area contributed by atoms with Crippen molar-refractivity contribution < 1.29 is 31.1 Å². The Morgan fingerprint density at radius 1 is 1.15 bits per heavy atom. The van der Waals surface area contributed by atoms with Crippen LogP contribution in [0.4, 0.5) is 13.2 Å². The van der Waals surface area contributed by atoms with Crippen molar-refractivity contribution in [1.29, 1.82) is 0 Å². The van der Waals surface area contributed by atoms with Gasteiger partial charge in [0, 0.05) is 0 Å². The number of ether oxygens (including phenoxy) is 2. The van der Waals surface area contributed by atoms with E-state index in [2.05, 4.69) is 4.74 Å². The molecule has 20 heavy (non-hydrogen) atoms. The first kappa shape index (κ1) is 16.7. The van der Waals surface area contributed by atoms with Crippen LogP contribution in [0.25, 0.3) is 0 Å². The molecule has 0 saturated carbocycles. The Morgan fingerprint density at radius 2 is 1.75 bits per heavy atom. The Balaban J connectivity index is 2.76. The Hall–Kier alpha value is -1.32. The van der Waals surface area contributed by atoms with Gasteiger partial charge in [0.25, 0.3) is 0 Å². The quantitative estimate of drug-likeness (QED) is 0.842. The summed E-state index contributed by atoms with van der Waals surface area (Å²) >= 11 is 0. The first-order valence-electron chi connectivity index (χ1n) is 5.48. The summed E-state index contributed by atoms with van der Waals surface area (Å²) in [6.45, 7) is 2.11. The van der Waals surface area contributed by atoms with Gasteiger partial charge < -0.3 is 4.74 Å². The summed E-state index contributed by atoms with van der Waals surface area (Å²) in [5.41, 5.74) is 0.802. The van der Waals surface area contributed by atoms with Crippen LogP contribution in [0.15, 0.2) is 17.0 Å². The van der Waals surface area contributed by atoms with Crippen molar-refractivity contribution in [1.82, 2.24) is 0 Å². The fourth-order valence-electron chi connectivity index (χ4n) is 1.53. The average molecular weight is 313 g/mol. The molecule has 0 unspecified atom stereocenters. The van der Waals surface area contributed by atoms with Gasteiger partial charge in [-0.2, -0.15) is 0 Å². The van der Waals surface area contributed by atoms with E-state index in [1.54, 1.807) is 6.92 Å². The van der Waals surface area contributed by atoms with Gasteiger partial charge in [0.1, 0.15) is 12.4 Å². The van der Waals surface area contributed by atoms with Crippen LogP contribution in [0.3, 0.4) is 0 Å². The number of hydrogen-bond donors (Lipinski definition) is 1. The van der Waals surface area contributed by atoms with Gasteiger partial charge in [-0.25, -0.2) is 13.6 Å². The highest BCUT2D eigenvalue weighted by atomic mass is 32.2. The van der Waals surface area contributed by atoms with Gasteiger partial charge in [-0.15, -0.1) is 13.2 Å². The second kappa shape index (κ2) is 5.98. The van der Waals surface area contributed by atoms with E-state index in [4.69, 9.17) is 9.88 Å². The molecule has 5 nitrogen and oxygen atoms in total. The lowest BCUT2D eigenvalue weighted by molar-refractivity contribution is -0.325. The fourth-order valence-corrected chi connectivity index (χ4v) is 2.38. The van der Waals surface area contributed by atoms with Crippen molar-refractivity contribution in [3.05, 3.63) is 23.3 Å². The number of primary sulfonamides is 1. The first-order valence-corrected chi connectivity index (χ1v) is 7.03. The number of sulfonamides is 1. The number of hydrogen-bond acceptors (Lipinski definition) is 4. The topological polar surface area (TPSA) is 78.6 Å². The Kier molecular flexibility index (Phi) is 5.00. The zero-order valence-electron chi connectivity index (χ0n) is 10.8. The maximum atomic E-state index is 11.8. The molecule has 0 atom stereocenters. The molecular weight excluding hydrogens is 299 g/mol. The molecule has 0 aromatic heterocycles. The second-order valence-corrected chi connectivity index (χ2v) is 5.60. The molecule has 1 aromatic rings. The summed E-state index contributed by atoms with van der Waals surface area (Å²) < 4.78 is 66.5. The van der Waals surface area contributed by atoms with E-state index in [0.717, 1.165) is 0 Å². The van der Waals surface area contributed by atoms with E-state index >= 15 is 0 Å². The summed E-state index contributed by atoms with van der Waals surface area (Å²) in [6, 6.07) is 2.72. The Bertz CT molecular complexity index is 584. The number of aryl methyl sites for hydroxylation is 2. The van der Waals surface area contributed by atoms with Gasteiger partial charge in [0.2, 0.25) is 10.0 Å².